The molecule has 0 fully saturated rings. The molecular formula is C21H23BrN2O5. The number of methoxy groups -OCH3 is 2. The van der Waals surface area contributed by atoms with E-state index in [4.69, 9.17) is 14.2 Å². The van der Waals surface area contributed by atoms with Crippen molar-refractivity contribution in [1.29, 1.82) is 0 Å². The highest BCUT2D eigenvalue weighted by molar-refractivity contribution is 9.10. The molecule has 2 aromatic rings. The van der Waals surface area contributed by atoms with E-state index in [1.165, 1.54) is 0 Å². The second-order valence-corrected chi connectivity index (χ2v) is 7.30. The quantitative estimate of drug-likeness (QED) is 0.652. The van der Waals surface area contributed by atoms with Gasteiger partial charge in [0.15, 0.2) is 18.1 Å². The van der Waals surface area contributed by atoms with Crippen LogP contribution in [0.2, 0.25) is 0 Å². The standard InChI is InChI=1S/C21H23BrN2O5/c1-27-18-11-14(15(22)12-19(18)28-2)7-9-23-20(25)8-10-24-16-5-3-4-6-17(16)29-13-21(24)26/h3-6,11-12H,7-10,13H2,1-2H3,(H,23,25). The highest BCUT2D eigenvalue weighted by Gasteiger charge is 2.25. The lowest BCUT2D eigenvalue weighted by molar-refractivity contribution is -0.122. The van der Waals surface area contributed by atoms with Gasteiger partial charge in [-0.15, -0.1) is 0 Å². The minimum absolute atomic E-state index is 0.00797. The number of carbonyl (C=O) groups is 2. The molecule has 3 rings (SSSR count). The predicted molar refractivity (Wildman–Crippen MR) is 113 cm³/mol. The number of para-hydroxylation sites is 2. The van der Waals surface area contributed by atoms with Crippen molar-refractivity contribution in [2.75, 3.05) is 38.8 Å². The van der Waals surface area contributed by atoms with Crippen LogP contribution in [-0.4, -0.2) is 45.7 Å². The van der Waals surface area contributed by atoms with Crippen LogP contribution in [0.25, 0.3) is 0 Å². The Labute approximate surface area is 178 Å². The van der Waals surface area contributed by atoms with E-state index < -0.39 is 0 Å². The van der Waals surface area contributed by atoms with E-state index in [2.05, 4.69) is 21.2 Å². The Morgan fingerprint density at radius 2 is 1.93 bits per heavy atom. The van der Waals surface area contributed by atoms with Gasteiger partial charge >= 0.3 is 0 Å². The van der Waals surface area contributed by atoms with Crippen molar-refractivity contribution in [3.63, 3.8) is 0 Å². The molecule has 1 aliphatic rings. The van der Waals surface area contributed by atoms with E-state index in [0.29, 0.717) is 42.4 Å². The number of anilines is 1. The lowest BCUT2D eigenvalue weighted by atomic mass is 10.1. The molecule has 1 heterocycles. The van der Waals surface area contributed by atoms with E-state index in [1.807, 2.05) is 36.4 Å². The molecule has 0 saturated heterocycles. The van der Waals surface area contributed by atoms with E-state index in [-0.39, 0.29) is 24.8 Å². The molecule has 0 aliphatic carbocycles. The Kier molecular flexibility index (Phi) is 6.98. The Hall–Kier alpha value is -2.74. The minimum Gasteiger partial charge on any atom is -0.493 e. The Balaban J connectivity index is 1.52. The Morgan fingerprint density at radius 1 is 1.21 bits per heavy atom. The summed E-state index contributed by atoms with van der Waals surface area (Å²) in [4.78, 5) is 26.0. The third kappa shape index (κ3) is 5.00. The molecule has 0 bridgehead atoms. The first-order valence-electron chi connectivity index (χ1n) is 9.22. The average Bonchev–Trinajstić information content (AvgIpc) is 2.73. The zero-order valence-electron chi connectivity index (χ0n) is 16.4. The Morgan fingerprint density at radius 3 is 2.69 bits per heavy atom. The molecule has 1 aliphatic heterocycles. The molecule has 2 amide bonds. The molecule has 0 unspecified atom stereocenters. The maximum absolute atomic E-state index is 12.3. The van der Waals surface area contributed by atoms with Gasteiger partial charge in [0.05, 0.1) is 19.9 Å². The SMILES string of the molecule is COc1cc(Br)c(CCNC(=O)CCN2C(=O)COc3ccccc32)cc1OC. The second kappa shape index (κ2) is 9.65. The van der Waals surface area contributed by atoms with Crippen molar-refractivity contribution in [1.82, 2.24) is 5.32 Å². The van der Waals surface area contributed by atoms with Gasteiger partial charge in [-0.1, -0.05) is 28.1 Å². The maximum atomic E-state index is 12.3. The van der Waals surface area contributed by atoms with Crippen LogP contribution < -0.4 is 24.4 Å². The fourth-order valence-corrected chi connectivity index (χ4v) is 3.65. The van der Waals surface area contributed by atoms with Crippen molar-refractivity contribution in [2.45, 2.75) is 12.8 Å². The fourth-order valence-electron chi connectivity index (χ4n) is 3.13. The second-order valence-electron chi connectivity index (χ2n) is 6.45. The zero-order valence-corrected chi connectivity index (χ0v) is 18.0. The predicted octanol–water partition coefficient (Wildman–Crippen LogP) is 2.94. The first kappa shape index (κ1) is 21.0. The summed E-state index contributed by atoms with van der Waals surface area (Å²) in [5.41, 5.74) is 1.70. The molecule has 0 atom stereocenters. The van der Waals surface area contributed by atoms with Crippen LogP contribution in [0.3, 0.4) is 0 Å². The lowest BCUT2D eigenvalue weighted by Gasteiger charge is -2.29. The number of nitrogens with zero attached hydrogens (tertiary/aromatic N) is 1. The molecule has 2 aromatic carbocycles. The monoisotopic (exact) mass is 462 g/mol. The van der Waals surface area contributed by atoms with Gasteiger partial charge in [-0.05, 0) is 36.2 Å². The van der Waals surface area contributed by atoms with Crippen LogP contribution in [0.15, 0.2) is 40.9 Å². The highest BCUT2D eigenvalue weighted by atomic mass is 79.9. The number of ether oxygens (including phenoxy) is 3. The van der Waals surface area contributed by atoms with Gasteiger partial charge in [0, 0.05) is 24.0 Å². The summed E-state index contributed by atoms with van der Waals surface area (Å²) in [6.45, 7) is 0.775. The summed E-state index contributed by atoms with van der Waals surface area (Å²) in [7, 11) is 3.17. The first-order chi connectivity index (χ1) is 14.0. The molecule has 0 radical (unpaired) electrons. The van der Waals surface area contributed by atoms with E-state index in [0.717, 1.165) is 10.0 Å². The molecule has 154 valence electrons. The van der Waals surface area contributed by atoms with E-state index in [9.17, 15) is 9.59 Å². The van der Waals surface area contributed by atoms with Crippen molar-refractivity contribution < 1.29 is 23.8 Å². The summed E-state index contributed by atoms with van der Waals surface area (Å²) in [5.74, 6) is 1.68. The molecule has 29 heavy (non-hydrogen) atoms. The maximum Gasteiger partial charge on any atom is 0.265 e. The van der Waals surface area contributed by atoms with Gasteiger partial charge in [0.25, 0.3) is 5.91 Å². The zero-order chi connectivity index (χ0) is 20.8. The number of amides is 2. The van der Waals surface area contributed by atoms with Crippen molar-refractivity contribution in [3.8, 4) is 17.2 Å². The molecule has 8 heteroatoms. The number of hydrogen-bond acceptors (Lipinski definition) is 5. The molecule has 7 nitrogen and oxygen atoms in total. The van der Waals surface area contributed by atoms with Crippen LogP contribution in [0.5, 0.6) is 17.2 Å². The number of nitrogens with one attached hydrogen (secondary N) is 1. The summed E-state index contributed by atoms with van der Waals surface area (Å²) in [5, 5.41) is 2.90. The normalized spacial score (nSPS) is 12.8. The summed E-state index contributed by atoms with van der Waals surface area (Å²) in [6.07, 6.45) is 0.846. The minimum atomic E-state index is -0.147. The van der Waals surface area contributed by atoms with Crippen molar-refractivity contribution in [3.05, 3.63) is 46.4 Å². The van der Waals surface area contributed by atoms with Gasteiger partial charge in [0.1, 0.15) is 5.75 Å². The molecule has 1 N–H and O–H groups in total. The van der Waals surface area contributed by atoms with Crippen LogP contribution >= 0.6 is 15.9 Å². The molecule has 0 spiro atoms. The van der Waals surface area contributed by atoms with Crippen LogP contribution in [0.4, 0.5) is 5.69 Å². The summed E-state index contributed by atoms with van der Waals surface area (Å²) >= 11 is 3.52. The van der Waals surface area contributed by atoms with Gasteiger partial charge in [-0.2, -0.15) is 0 Å². The van der Waals surface area contributed by atoms with Gasteiger partial charge < -0.3 is 24.4 Å². The number of benzene rings is 2. The molecule has 0 saturated carbocycles. The van der Waals surface area contributed by atoms with Gasteiger partial charge in [0.2, 0.25) is 5.91 Å². The fraction of sp³-hybridized carbons (Fsp3) is 0.333. The summed E-state index contributed by atoms with van der Waals surface area (Å²) < 4.78 is 16.9. The van der Waals surface area contributed by atoms with Crippen LogP contribution in [-0.2, 0) is 16.0 Å². The third-order valence-corrected chi connectivity index (χ3v) is 5.38. The Bertz CT molecular complexity index is 903. The average molecular weight is 463 g/mol. The van der Waals surface area contributed by atoms with E-state index in [1.54, 1.807) is 19.1 Å². The lowest BCUT2D eigenvalue weighted by Crippen LogP contribution is -2.41. The molecular weight excluding hydrogens is 440 g/mol. The highest BCUT2D eigenvalue weighted by Crippen LogP contribution is 2.33. The number of halogens is 1. The number of fused-ring (bicyclic) bond motifs is 1. The molecule has 0 aromatic heterocycles. The van der Waals surface area contributed by atoms with Crippen LogP contribution in [0, 0.1) is 0 Å². The van der Waals surface area contributed by atoms with Crippen LogP contribution in [0.1, 0.15) is 12.0 Å². The van der Waals surface area contributed by atoms with E-state index >= 15 is 0 Å². The van der Waals surface area contributed by atoms with Gasteiger partial charge in [-0.25, -0.2) is 0 Å². The largest absolute Gasteiger partial charge is 0.493 e. The number of rotatable bonds is 8. The number of carbonyl (C=O) groups excluding carboxylic acids is 2. The van der Waals surface area contributed by atoms with Crippen molar-refractivity contribution in [2.24, 2.45) is 0 Å². The smallest absolute Gasteiger partial charge is 0.265 e. The first-order valence-corrected chi connectivity index (χ1v) is 10.0. The topological polar surface area (TPSA) is 77.1 Å². The number of hydrogen-bond donors (Lipinski definition) is 1. The van der Waals surface area contributed by atoms with Crippen molar-refractivity contribution >= 4 is 33.4 Å². The third-order valence-electron chi connectivity index (χ3n) is 4.64. The summed E-state index contributed by atoms with van der Waals surface area (Å²) in [6, 6.07) is 11.1. The van der Waals surface area contributed by atoms with Gasteiger partial charge in [-0.3, -0.25) is 9.59 Å².